The third-order valence-corrected chi connectivity index (χ3v) is 6.95. The number of hydrogen-bond donors (Lipinski definition) is 1. The van der Waals surface area contributed by atoms with Crippen molar-refractivity contribution in [3.8, 4) is 22.5 Å². The Labute approximate surface area is 257 Å². The summed E-state index contributed by atoms with van der Waals surface area (Å²) in [6.07, 6.45) is 2.76. The van der Waals surface area contributed by atoms with Crippen LogP contribution in [-0.2, 0) is 19.4 Å². The van der Waals surface area contributed by atoms with E-state index in [2.05, 4.69) is 21.6 Å². The van der Waals surface area contributed by atoms with Gasteiger partial charge in [0.05, 0.1) is 12.2 Å². The maximum absolute atomic E-state index is 14.4. The summed E-state index contributed by atoms with van der Waals surface area (Å²) >= 11 is 0. The van der Waals surface area contributed by atoms with Gasteiger partial charge >= 0.3 is 5.76 Å². The number of rotatable bonds is 9. The fraction of sp³-hybridized carbons (Fsp3) is 0.226. The zero-order valence-electron chi connectivity index (χ0n) is 23.2. The molecule has 2 heterocycles. The van der Waals surface area contributed by atoms with Crippen LogP contribution in [0.4, 0.5) is 8.78 Å². The molecule has 205 valence electrons. The zero-order chi connectivity index (χ0) is 28.2. The van der Waals surface area contributed by atoms with Crippen LogP contribution < -0.4 is 11.3 Å². The van der Waals surface area contributed by atoms with Crippen LogP contribution in [0.3, 0.4) is 0 Å². The Hall–Kier alpha value is -3.66. The Morgan fingerprint density at radius 3 is 2.22 bits per heavy atom. The van der Waals surface area contributed by atoms with Crippen LogP contribution in [0.25, 0.3) is 22.5 Å². The SMILES string of the molecule is CCCCc1nc(C)n(Cc2c(F)cccc2F)c(=O)c1Cc1ccc(-c2ccccc2-c2noc(=O)[nH]2)cc1.[Na]. The number of nitrogens with zero attached hydrogens (tertiary/aromatic N) is 3. The van der Waals surface area contributed by atoms with Gasteiger partial charge in [-0.15, -0.1) is 0 Å². The fourth-order valence-corrected chi connectivity index (χ4v) is 4.81. The summed E-state index contributed by atoms with van der Waals surface area (Å²) in [7, 11) is 0. The Kier molecular flexibility index (Phi) is 9.86. The number of unbranched alkanes of at least 4 members (excludes halogenated alkanes) is 1. The smallest absolute Gasteiger partial charge is 0.296 e. The van der Waals surface area contributed by atoms with Gasteiger partial charge in [0.1, 0.15) is 17.5 Å². The predicted octanol–water partition coefficient (Wildman–Crippen LogP) is 5.44. The molecule has 0 spiro atoms. The van der Waals surface area contributed by atoms with Gasteiger partial charge in [0.2, 0.25) is 0 Å². The van der Waals surface area contributed by atoms with Crippen LogP contribution >= 0.6 is 0 Å². The van der Waals surface area contributed by atoms with Gasteiger partial charge in [-0.1, -0.05) is 73.1 Å². The van der Waals surface area contributed by atoms with E-state index in [9.17, 15) is 18.4 Å². The van der Waals surface area contributed by atoms with Gasteiger partial charge in [0, 0.05) is 52.7 Å². The van der Waals surface area contributed by atoms with Crippen molar-refractivity contribution in [1.82, 2.24) is 19.7 Å². The summed E-state index contributed by atoms with van der Waals surface area (Å²) in [4.78, 5) is 32.5. The maximum Gasteiger partial charge on any atom is 0.439 e. The van der Waals surface area contributed by atoms with E-state index in [1.54, 1.807) is 6.92 Å². The first-order chi connectivity index (χ1) is 19.4. The zero-order valence-corrected chi connectivity index (χ0v) is 25.2. The molecule has 2 aromatic heterocycles. The third-order valence-electron chi connectivity index (χ3n) is 6.95. The standard InChI is InChI=1S/C31H28F2N4O3.Na/c1-3-4-12-28-24(30(38)37(19(2)34-28)18-25-26(32)10-7-11-27(25)33)17-20-13-15-21(16-14-20)22-8-5-6-9-23(22)29-35-31(39)40-36-29;/h5-11,13-16H,3-4,12,17-18H2,1-2H3,(H,35,36,39);. The monoisotopic (exact) mass is 565 g/mol. The predicted molar refractivity (Wildman–Crippen MR) is 154 cm³/mol. The Bertz CT molecular complexity index is 1760. The molecule has 0 fully saturated rings. The molecule has 0 aliphatic carbocycles. The first-order valence-electron chi connectivity index (χ1n) is 13.1. The number of hydrogen-bond acceptors (Lipinski definition) is 5. The summed E-state index contributed by atoms with van der Waals surface area (Å²) in [5.41, 5.74) is 4.11. The Morgan fingerprint density at radius 1 is 0.902 bits per heavy atom. The molecule has 5 rings (SSSR count). The van der Waals surface area contributed by atoms with Crippen molar-refractivity contribution in [3.05, 3.63) is 127 Å². The van der Waals surface area contributed by atoms with E-state index in [0.717, 1.165) is 29.5 Å². The van der Waals surface area contributed by atoms with E-state index in [4.69, 9.17) is 4.98 Å². The molecule has 0 amide bonds. The fourth-order valence-electron chi connectivity index (χ4n) is 4.81. The number of aromatic amines is 1. The van der Waals surface area contributed by atoms with Crippen molar-refractivity contribution in [1.29, 1.82) is 0 Å². The largest absolute Gasteiger partial charge is 0.439 e. The number of nitrogens with one attached hydrogen (secondary N) is 1. The van der Waals surface area contributed by atoms with Gasteiger partial charge in [-0.3, -0.25) is 18.9 Å². The van der Waals surface area contributed by atoms with Crippen LogP contribution in [0, 0.1) is 18.6 Å². The molecule has 0 saturated heterocycles. The van der Waals surface area contributed by atoms with Gasteiger partial charge in [-0.2, -0.15) is 0 Å². The molecular weight excluding hydrogens is 537 g/mol. The van der Waals surface area contributed by atoms with Crippen LogP contribution in [0.15, 0.2) is 80.8 Å². The molecule has 0 unspecified atom stereocenters. The molecule has 0 atom stereocenters. The second kappa shape index (κ2) is 13.3. The van der Waals surface area contributed by atoms with Crippen molar-refractivity contribution >= 4 is 29.6 Å². The van der Waals surface area contributed by atoms with Crippen molar-refractivity contribution in [2.45, 2.75) is 46.1 Å². The Balaban J connectivity index is 0.00000387. The molecule has 7 nitrogen and oxygen atoms in total. The van der Waals surface area contributed by atoms with E-state index in [1.807, 2.05) is 48.5 Å². The van der Waals surface area contributed by atoms with Gasteiger partial charge in [-0.05, 0) is 48.6 Å². The first kappa shape index (κ1) is 30.3. The van der Waals surface area contributed by atoms with Crippen molar-refractivity contribution in [3.63, 3.8) is 0 Å². The van der Waals surface area contributed by atoms with Gasteiger partial charge in [0.15, 0.2) is 5.82 Å². The number of halogens is 2. The van der Waals surface area contributed by atoms with E-state index in [1.165, 1.54) is 22.8 Å². The molecule has 10 heteroatoms. The normalized spacial score (nSPS) is 10.9. The molecule has 0 aliphatic heterocycles. The van der Waals surface area contributed by atoms with Crippen LogP contribution in [-0.4, -0.2) is 49.2 Å². The van der Waals surface area contributed by atoms with E-state index >= 15 is 0 Å². The minimum Gasteiger partial charge on any atom is -0.296 e. The molecule has 1 N–H and O–H groups in total. The van der Waals surface area contributed by atoms with Gasteiger partial charge in [0.25, 0.3) is 5.56 Å². The van der Waals surface area contributed by atoms with Crippen molar-refractivity contribution < 1.29 is 13.3 Å². The summed E-state index contributed by atoms with van der Waals surface area (Å²) in [5.74, 6) is -1.28. The van der Waals surface area contributed by atoms with Crippen LogP contribution in [0.1, 0.15) is 48.0 Å². The summed E-state index contributed by atoms with van der Waals surface area (Å²) < 4.78 is 34.8. The average Bonchev–Trinajstić information content (AvgIpc) is 3.39. The quantitative estimate of drug-likeness (QED) is 0.240. The first-order valence-corrected chi connectivity index (χ1v) is 13.1. The second-order valence-corrected chi connectivity index (χ2v) is 9.64. The van der Waals surface area contributed by atoms with E-state index in [-0.39, 0.29) is 47.2 Å². The van der Waals surface area contributed by atoms with Crippen LogP contribution in [0.2, 0.25) is 0 Å². The Morgan fingerprint density at radius 2 is 1.59 bits per heavy atom. The number of benzene rings is 3. The van der Waals surface area contributed by atoms with E-state index < -0.39 is 17.4 Å². The molecule has 0 bridgehead atoms. The van der Waals surface area contributed by atoms with Crippen molar-refractivity contribution in [2.24, 2.45) is 0 Å². The molecule has 0 aliphatic rings. The summed E-state index contributed by atoms with van der Waals surface area (Å²) in [6, 6.07) is 18.9. The number of H-pyrrole nitrogens is 1. The summed E-state index contributed by atoms with van der Waals surface area (Å²) in [6.45, 7) is 3.52. The topological polar surface area (TPSA) is 93.8 Å². The van der Waals surface area contributed by atoms with Gasteiger partial charge in [-0.25, -0.2) is 18.6 Å². The van der Waals surface area contributed by atoms with Gasteiger partial charge < -0.3 is 0 Å². The molecule has 1 radical (unpaired) electrons. The molecule has 0 saturated carbocycles. The third kappa shape index (κ3) is 6.64. The maximum atomic E-state index is 14.4. The van der Waals surface area contributed by atoms with Crippen LogP contribution in [0.5, 0.6) is 0 Å². The minimum absolute atomic E-state index is 0. The van der Waals surface area contributed by atoms with E-state index in [0.29, 0.717) is 41.3 Å². The second-order valence-electron chi connectivity index (χ2n) is 9.64. The number of aromatic nitrogens is 4. The molecule has 3 aromatic carbocycles. The minimum atomic E-state index is -0.700. The van der Waals surface area contributed by atoms with Crippen molar-refractivity contribution in [2.75, 3.05) is 0 Å². The summed E-state index contributed by atoms with van der Waals surface area (Å²) in [5, 5.41) is 3.81. The molecular formula is C31H28F2N4NaO3. The average molecular weight is 566 g/mol. The molecule has 5 aromatic rings. The molecule has 41 heavy (non-hydrogen) atoms. The number of aryl methyl sites for hydroxylation is 2.